The maximum Gasteiger partial charge on any atom is 0.269 e. The van der Waals surface area contributed by atoms with Gasteiger partial charge in [-0.3, -0.25) is 14.9 Å². The highest BCUT2D eigenvalue weighted by Crippen LogP contribution is 2.30. The summed E-state index contributed by atoms with van der Waals surface area (Å²) in [6, 6.07) is 9.29. The van der Waals surface area contributed by atoms with E-state index in [1.807, 2.05) is 28.8 Å². The van der Waals surface area contributed by atoms with Crippen molar-refractivity contribution in [2.75, 3.05) is 38.1 Å². The molecule has 0 amide bonds. The zero-order valence-electron chi connectivity index (χ0n) is 20.8. The summed E-state index contributed by atoms with van der Waals surface area (Å²) in [6.07, 6.45) is 1.74. The molecule has 1 aliphatic rings. The fourth-order valence-electron chi connectivity index (χ4n) is 4.86. The molecular weight excluding hydrogens is 509 g/mol. The fourth-order valence-corrected chi connectivity index (χ4v) is 5.69. The van der Waals surface area contributed by atoms with Gasteiger partial charge in [0.1, 0.15) is 5.82 Å². The first kappa shape index (κ1) is 24.2. The van der Waals surface area contributed by atoms with Crippen molar-refractivity contribution in [2.24, 2.45) is 0 Å². The summed E-state index contributed by atoms with van der Waals surface area (Å²) < 4.78 is 18.9. The number of hydrogen-bond donors (Lipinski definition) is 0. The highest BCUT2D eigenvalue weighted by Gasteiger charge is 2.22. The molecule has 0 N–H and O–H groups in total. The van der Waals surface area contributed by atoms with E-state index >= 15 is 4.39 Å². The Morgan fingerprint density at radius 3 is 2.55 bits per heavy atom. The quantitative estimate of drug-likeness (QED) is 0.246. The smallest absolute Gasteiger partial charge is 0.269 e. The second-order valence-electron chi connectivity index (χ2n) is 9.32. The molecule has 194 valence electrons. The first-order chi connectivity index (χ1) is 18.3. The van der Waals surface area contributed by atoms with E-state index in [1.165, 1.54) is 29.5 Å². The normalized spacial score (nSPS) is 14.6. The third-order valence-electron chi connectivity index (χ3n) is 7.03. The van der Waals surface area contributed by atoms with Crippen LogP contribution in [-0.4, -0.2) is 62.2 Å². The first-order valence-corrected chi connectivity index (χ1v) is 13.1. The minimum atomic E-state index is -0.448. The molecule has 10 nitrogen and oxygen atoms in total. The van der Waals surface area contributed by atoms with E-state index < -0.39 is 10.7 Å². The summed E-state index contributed by atoms with van der Waals surface area (Å²) in [5, 5.41) is 17.8. The van der Waals surface area contributed by atoms with Gasteiger partial charge in [-0.15, -0.1) is 16.4 Å². The van der Waals surface area contributed by atoms with E-state index in [1.54, 1.807) is 28.9 Å². The monoisotopic (exact) mass is 533 g/mol. The van der Waals surface area contributed by atoms with Gasteiger partial charge < -0.3 is 14.4 Å². The average molecular weight is 534 g/mol. The van der Waals surface area contributed by atoms with Crippen molar-refractivity contribution < 1.29 is 9.31 Å². The van der Waals surface area contributed by atoms with Gasteiger partial charge in [0.25, 0.3) is 5.69 Å². The minimum absolute atomic E-state index is 0.00112. The number of pyridine rings is 1. The molecule has 0 radical (unpaired) electrons. The average Bonchev–Trinajstić information content (AvgIpc) is 3.51. The molecule has 0 bridgehead atoms. The molecule has 38 heavy (non-hydrogen) atoms. The minimum Gasteiger partial charge on any atom is -0.367 e. The number of benzene rings is 2. The van der Waals surface area contributed by atoms with Gasteiger partial charge in [-0.05, 0) is 38.2 Å². The van der Waals surface area contributed by atoms with Crippen LogP contribution in [0.1, 0.15) is 6.92 Å². The molecule has 0 aliphatic carbocycles. The van der Waals surface area contributed by atoms with Crippen molar-refractivity contribution in [1.29, 1.82) is 0 Å². The lowest BCUT2D eigenvalue weighted by Gasteiger charge is -2.34. The molecule has 3 aromatic heterocycles. The van der Waals surface area contributed by atoms with Gasteiger partial charge in [0.15, 0.2) is 5.82 Å². The Kier molecular flexibility index (Phi) is 5.92. The number of nitro benzene ring substituents is 1. The summed E-state index contributed by atoms with van der Waals surface area (Å²) in [5.74, 6) is -0.170. The molecule has 6 rings (SSSR count). The van der Waals surface area contributed by atoms with Gasteiger partial charge in [-0.1, -0.05) is 0 Å². The topological polar surface area (TPSA) is 102 Å². The summed E-state index contributed by atoms with van der Waals surface area (Å²) in [5.41, 5.74) is 2.58. The van der Waals surface area contributed by atoms with Crippen molar-refractivity contribution in [3.8, 4) is 22.6 Å². The van der Waals surface area contributed by atoms with E-state index in [0.717, 1.165) is 31.7 Å². The number of piperazine rings is 1. The third kappa shape index (κ3) is 4.02. The van der Waals surface area contributed by atoms with Gasteiger partial charge in [0, 0.05) is 67.4 Å². The van der Waals surface area contributed by atoms with Gasteiger partial charge in [-0.25, -0.2) is 8.91 Å². The van der Waals surface area contributed by atoms with Gasteiger partial charge in [0.2, 0.25) is 10.4 Å². The fraction of sp³-hybridized carbons (Fsp3) is 0.269. The van der Waals surface area contributed by atoms with Crippen LogP contribution in [-0.2, 0) is 6.54 Å². The number of aryl methyl sites for hydroxylation is 1. The third-order valence-corrected chi connectivity index (χ3v) is 7.85. The Balaban J connectivity index is 1.44. The van der Waals surface area contributed by atoms with Crippen molar-refractivity contribution in [3.63, 3.8) is 0 Å². The predicted molar refractivity (Wildman–Crippen MR) is 145 cm³/mol. The summed E-state index contributed by atoms with van der Waals surface area (Å²) in [4.78, 5) is 33.5. The molecular formula is C26H24FN7O3S. The molecule has 4 heterocycles. The zero-order chi connectivity index (χ0) is 26.6. The van der Waals surface area contributed by atoms with Crippen LogP contribution < -0.4 is 10.3 Å². The number of hydrogen-bond acceptors (Lipinski definition) is 8. The Hall–Kier alpha value is -4.16. The largest absolute Gasteiger partial charge is 0.367 e. The van der Waals surface area contributed by atoms with E-state index in [9.17, 15) is 14.9 Å². The number of thiazole rings is 1. The van der Waals surface area contributed by atoms with Crippen LogP contribution in [0, 0.1) is 15.9 Å². The predicted octanol–water partition coefficient (Wildman–Crippen LogP) is 4.26. The Morgan fingerprint density at radius 2 is 1.87 bits per heavy atom. The van der Waals surface area contributed by atoms with Crippen molar-refractivity contribution in [2.45, 2.75) is 13.5 Å². The van der Waals surface area contributed by atoms with Crippen molar-refractivity contribution in [3.05, 3.63) is 74.1 Å². The number of halogens is 1. The van der Waals surface area contributed by atoms with Gasteiger partial charge in [0.05, 0.1) is 27.4 Å². The van der Waals surface area contributed by atoms with Crippen LogP contribution in [0.3, 0.4) is 0 Å². The number of likely N-dealkylation sites (N-methyl/N-ethyl adjacent to an activating group) is 1. The molecule has 2 aromatic carbocycles. The standard InChI is InChI=1S/C26H24FN7O3S/c1-3-31-14-19(24(35)18-12-20(27)22(13-21(18)31)32-10-8-30(2)9-11-32)25-28-26-33(29-25)23(15-38-26)16-4-6-17(7-5-16)34(36)37/h4-7,12-15H,3,8-11H2,1-2H3. The number of nitrogens with zero attached hydrogens (tertiary/aromatic N) is 7. The van der Waals surface area contributed by atoms with Crippen molar-refractivity contribution >= 4 is 38.6 Å². The van der Waals surface area contributed by atoms with Crippen LogP contribution in [0.4, 0.5) is 15.8 Å². The molecule has 0 unspecified atom stereocenters. The molecule has 0 atom stereocenters. The lowest BCUT2D eigenvalue weighted by molar-refractivity contribution is -0.384. The number of aromatic nitrogens is 4. The number of fused-ring (bicyclic) bond motifs is 2. The van der Waals surface area contributed by atoms with Crippen LogP contribution in [0.15, 0.2) is 52.8 Å². The molecule has 5 aromatic rings. The first-order valence-electron chi connectivity index (χ1n) is 12.2. The van der Waals surface area contributed by atoms with E-state index in [2.05, 4.69) is 15.0 Å². The summed E-state index contributed by atoms with van der Waals surface area (Å²) in [6.45, 7) is 5.69. The maximum absolute atomic E-state index is 15.3. The maximum atomic E-state index is 15.3. The Bertz CT molecular complexity index is 1750. The molecule has 12 heteroatoms. The summed E-state index contributed by atoms with van der Waals surface area (Å²) >= 11 is 1.35. The number of non-ortho nitro benzene ring substituents is 1. The molecule has 1 aliphatic heterocycles. The van der Waals surface area contributed by atoms with E-state index in [4.69, 9.17) is 0 Å². The van der Waals surface area contributed by atoms with E-state index in [0.29, 0.717) is 28.4 Å². The van der Waals surface area contributed by atoms with Crippen LogP contribution in [0.25, 0.3) is 38.5 Å². The SMILES string of the molecule is CCn1cc(-c2nc3scc(-c4ccc([N+](=O)[O-])cc4)n3n2)c(=O)c2cc(F)c(N3CCN(C)CC3)cc21. The second-order valence-corrected chi connectivity index (χ2v) is 10.2. The highest BCUT2D eigenvalue weighted by atomic mass is 32.1. The van der Waals surface area contributed by atoms with Gasteiger partial charge in [-0.2, -0.15) is 4.98 Å². The summed E-state index contributed by atoms with van der Waals surface area (Å²) in [7, 11) is 2.05. The molecule has 1 fully saturated rings. The second kappa shape index (κ2) is 9.30. The number of anilines is 1. The van der Waals surface area contributed by atoms with Crippen molar-refractivity contribution in [1.82, 2.24) is 24.1 Å². The Labute approximate surface area is 220 Å². The Morgan fingerprint density at radius 1 is 1.13 bits per heavy atom. The number of nitro groups is 1. The van der Waals surface area contributed by atoms with Crippen LogP contribution >= 0.6 is 11.3 Å². The van der Waals surface area contributed by atoms with Crippen LogP contribution in [0.5, 0.6) is 0 Å². The zero-order valence-corrected chi connectivity index (χ0v) is 21.6. The molecule has 0 spiro atoms. The highest BCUT2D eigenvalue weighted by molar-refractivity contribution is 7.15. The van der Waals surface area contributed by atoms with Gasteiger partial charge >= 0.3 is 0 Å². The van der Waals surface area contributed by atoms with Crippen LogP contribution in [0.2, 0.25) is 0 Å². The molecule has 0 saturated carbocycles. The molecule has 1 saturated heterocycles. The number of rotatable bonds is 5. The lowest BCUT2D eigenvalue weighted by atomic mass is 10.1. The van der Waals surface area contributed by atoms with E-state index in [-0.39, 0.29) is 27.9 Å². The lowest BCUT2D eigenvalue weighted by Crippen LogP contribution is -2.44.